The number of aromatic nitrogens is 2. The number of benzene rings is 1. The third kappa shape index (κ3) is 4.65. The average Bonchev–Trinajstić information content (AvgIpc) is 3.14. The second kappa shape index (κ2) is 8.80. The number of rotatable bonds is 5. The Labute approximate surface area is 179 Å². The molecule has 0 bridgehead atoms. The van der Waals surface area contributed by atoms with E-state index >= 15 is 0 Å². The zero-order valence-electron chi connectivity index (χ0n) is 17.6. The van der Waals surface area contributed by atoms with Crippen LogP contribution < -0.4 is 10.1 Å². The van der Waals surface area contributed by atoms with Gasteiger partial charge in [-0.2, -0.15) is 5.10 Å². The fourth-order valence-corrected chi connectivity index (χ4v) is 4.57. The van der Waals surface area contributed by atoms with E-state index in [0.717, 1.165) is 12.8 Å². The highest BCUT2D eigenvalue weighted by Crippen LogP contribution is 2.36. The molecule has 2 aromatic rings. The number of aryl methyl sites for hydroxylation is 1. The van der Waals surface area contributed by atoms with Crippen molar-refractivity contribution in [3.63, 3.8) is 0 Å². The van der Waals surface area contributed by atoms with Crippen LogP contribution in [-0.4, -0.2) is 52.2 Å². The van der Waals surface area contributed by atoms with Gasteiger partial charge in [-0.1, -0.05) is 0 Å². The van der Waals surface area contributed by atoms with Gasteiger partial charge in [-0.05, 0) is 63.3 Å². The second-order valence-corrected chi connectivity index (χ2v) is 8.40. The summed E-state index contributed by atoms with van der Waals surface area (Å²) in [6.45, 7) is 4.54. The van der Waals surface area contributed by atoms with Crippen LogP contribution in [0, 0.1) is 18.7 Å². The lowest BCUT2D eigenvalue weighted by Gasteiger charge is -2.41. The highest BCUT2D eigenvalue weighted by Gasteiger charge is 2.39. The van der Waals surface area contributed by atoms with Gasteiger partial charge in [0.15, 0.2) is 6.10 Å². The van der Waals surface area contributed by atoms with Crippen LogP contribution in [0.15, 0.2) is 30.3 Å². The predicted molar refractivity (Wildman–Crippen MR) is 110 cm³/mol. The standard InChI is InChI=1S/C22H27F3N4O2/c1-13-10-20-26-18(11-19(21(24)25)29(20)27-13)15-4-3-9-28(12-15)22(30)14(2)31-17-7-5-16(23)6-8-17/h5-8,10,14-15,18-19,21,26H,3-4,9,11-12H2,1-2H3/t14?,15?,18-,19+/m0/s1. The maximum atomic E-state index is 13.7. The number of fused-ring (bicyclic) bond motifs is 1. The summed E-state index contributed by atoms with van der Waals surface area (Å²) in [5.41, 5.74) is 0.695. The number of hydrogen-bond acceptors (Lipinski definition) is 4. The number of piperidine rings is 1. The van der Waals surface area contributed by atoms with Crippen molar-refractivity contribution >= 4 is 11.7 Å². The second-order valence-electron chi connectivity index (χ2n) is 8.40. The Morgan fingerprint density at radius 1 is 1.29 bits per heavy atom. The largest absolute Gasteiger partial charge is 0.481 e. The highest BCUT2D eigenvalue weighted by atomic mass is 19.3. The van der Waals surface area contributed by atoms with E-state index in [0.29, 0.717) is 30.4 Å². The number of ether oxygens (including phenoxy) is 1. The molecule has 9 heteroatoms. The number of nitrogens with zero attached hydrogens (tertiary/aromatic N) is 3. The van der Waals surface area contributed by atoms with E-state index in [2.05, 4.69) is 10.4 Å². The average molecular weight is 436 g/mol. The van der Waals surface area contributed by atoms with Gasteiger partial charge in [0.25, 0.3) is 12.3 Å². The van der Waals surface area contributed by atoms with Crippen LogP contribution in [0.4, 0.5) is 19.0 Å². The van der Waals surface area contributed by atoms with Gasteiger partial charge in [0, 0.05) is 25.2 Å². The molecule has 2 unspecified atom stereocenters. The molecule has 1 saturated heterocycles. The van der Waals surface area contributed by atoms with Crippen molar-refractivity contribution in [2.45, 2.75) is 57.7 Å². The first-order valence-electron chi connectivity index (χ1n) is 10.6. The third-order valence-corrected chi connectivity index (χ3v) is 6.10. The number of carbonyl (C=O) groups excluding carboxylic acids is 1. The molecule has 2 aliphatic heterocycles. The molecule has 0 saturated carbocycles. The summed E-state index contributed by atoms with van der Waals surface area (Å²) in [6, 6.07) is 6.19. The number of carbonyl (C=O) groups is 1. The Hall–Kier alpha value is -2.71. The Balaban J connectivity index is 1.42. The van der Waals surface area contributed by atoms with Gasteiger partial charge >= 0.3 is 0 Å². The van der Waals surface area contributed by atoms with Crippen molar-refractivity contribution in [2.75, 3.05) is 18.4 Å². The van der Waals surface area contributed by atoms with Crippen molar-refractivity contribution in [1.82, 2.24) is 14.7 Å². The van der Waals surface area contributed by atoms with Crippen LogP contribution in [0.3, 0.4) is 0 Å². The molecule has 4 atom stereocenters. The summed E-state index contributed by atoms with van der Waals surface area (Å²) in [6.07, 6.45) is -1.30. The maximum Gasteiger partial charge on any atom is 0.263 e. The number of halogens is 3. The van der Waals surface area contributed by atoms with Gasteiger partial charge < -0.3 is 15.0 Å². The smallest absolute Gasteiger partial charge is 0.263 e. The molecule has 3 heterocycles. The Bertz CT molecular complexity index is 918. The minimum atomic E-state index is -2.51. The number of hydrogen-bond donors (Lipinski definition) is 1. The maximum absolute atomic E-state index is 13.7. The molecule has 6 nitrogen and oxygen atoms in total. The highest BCUT2D eigenvalue weighted by molar-refractivity contribution is 5.81. The lowest BCUT2D eigenvalue weighted by atomic mass is 9.86. The van der Waals surface area contributed by atoms with Gasteiger partial charge in [-0.25, -0.2) is 17.9 Å². The molecule has 1 amide bonds. The summed E-state index contributed by atoms with van der Waals surface area (Å²) in [7, 11) is 0. The Morgan fingerprint density at radius 3 is 2.74 bits per heavy atom. The summed E-state index contributed by atoms with van der Waals surface area (Å²) < 4.78 is 47.5. The van der Waals surface area contributed by atoms with Crippen LogP contribution in [0.25, 0.3) is 0 Å². The molecule has 4 rings (SSSR count). The van der Waals surface area contributed by atoms with Crippen LogP contribution in [-0.2, 0) is 4.79 Å². The molecule has 1 N–H and O–H groups in total. The zero-order valence-corrected chi connectivity index (χ0v) is 17.6. The Kier molecular flexibility index (Phi) is 6.11. The van der Waals surface area contributed by atoms with E-state index in [9.17, 15) is 18.0 Å². The SMILES string of the molecule is Cc1cc2n(n1)[C@@H](C(F)F)C[C@@H](C1CCCN(C(=O)C(C)Oc3ccc(F)cc3)C1)N2. The van der Waals surface area contributed by atoms with E-state index < -0.39 is 18.6 Å². The first kappa shape index (κ1) is 21.5. The lowest BCUT2D eigenvalue weighted by molar-refractivity contribution is -0.140. The molecule has 1 fully saturated rings. The molecule has 0 aliphatic carbocycles. The lowest BCUT2D eigenvalue weighted by Crippen LogP contribution is -2.50. The van der Waals surface area contributed by atoms with E-state index in [1.54, 1.807) is 24.8 Å². The van der Waals surface area contributed by atoms with Crippen LogP contribution in [0.5, 0.6) is 5.75 Å². The van der Waals surface area contributed by atoms with Crippen molar-refractivity contribution < 1.29 is 22.7 Å². The van der Waals surface area contributed by atoms with E-state index in [1.165, 1.54) is 28.9 Å². The van der Waals surface area contributed by atoms with Gasteiger partial charge in [0.1, 0.15) is 23.4 Å². The van der Waals surface area contributed by atoms with Crippen LogP contribution in [0.1, 0.15) is 37.9 Å². The fourth-order valence-electron chi connectivity index (χ4n) is 4.57. The molecule has 0 radical (unpaired) electrons. The van der Waals surface area contributed by atoms with E-state index in [-0.39, 0.29) is 30.1 Å². The number of amides is 1. The van der Waals surface area contributed by atoms with Crippen molar-refractivity contribution in [1.29, 1.82) is 0 Å². The molecule has 2 aliphatic rings. The first-order valence-corrected chi connectivity index (χ1v) is 10.6. The molecule has 168 valence electrons. The van der Waals surface area contributed by atoms with Crippen molar-refractivity contribution in [3.05, 3.63) is 41.8 Å². The predicted octanol–water partition coefficient (Wildman–Crippen LogP) is 4.03. The topological polar surface area (TPSA) is 59.4 Å². The Morgan fingerprint density at radius 2 is 2.03 bits per heavy atom. The molecular formula is C22H27F3N4O2. The number of anilines is 1. The molecular weight excluding hydrogens is 409 g/mol. The monoisotopic (exact) mass is 436 g/mol. The van der Waals surface area contributed by atoms with Crippen molar-refractivity contribution in [2.24, 2.45) is 5.92 Å². The summed E-state index contributed by atoms with van der Waals surface area (Å²) >= 11 is 0. The number of likely N-dealkylation sites (tertiary alicyclic amines) is 1. The zero-order chi connectivity index (χ0) is 22.1. The third-order valence-electron chi connectivity index (χ3n) is 6.10. The van der Waals surface area contributed by atoms with Crippen molar-refractivity contribution in [3.8, 4) is 5.75 Å². The van der Waals surface area contributed by atoms with E-state index in [4.69, 9.17) is 4.74 Å². The van der Waals surface area contributed by atoms with Gasteiger partial charge in [-0.15, -0.1) is 0 Å². The minimum Gasteiger partial charge on any atom is -0.481 e. The van der Waals surface area contributed by atoms with Crippen LogP contribution in [0.2, 0.25) is 0 Å². The molecule has 31 heavy (non-hydrogen) atoms. The summed E-state index contributed by atoms with van der Waals surface area (Å²) in [4.78, 5) is 14.7. The molecule has 0 spiro atoms. The van der Waals surface area contributed by atoms with Gasteiger partial charge in [0.05, 0.1) is 5.69 Å². The number of nitrogens with one attached hydrogen (secondary N) is 1. The van der Waals surface area contributed by atoms with Crippen LogP contribution >= 0.6 is 0 Å². The molecule has 1 aromatic heterocycles. The van der Waals surface area contributed by atoms with Gasteiger partial charge in [-0.3, -0.25) is 4.79 Å². The number of alkyl halides is 2. The summed E-state index contributed by atoms with van der Waals surface area (Å²) in [5, 5.41) is 7.58. The quantitative estimate of drug-likeness (QED) is 0.769. The first-order chi connectivity index (χ1) is 14.8. The normalized spacial score (nSPS) is 24.5. The van der Waals surface area contributed by atoms with Gasteiger partial charge in [0.2, 0.25) is 0 Å². The minimum absolute atomic E-state index is 0.0564. The summed E-state index contributed by atoms with van der Waals surface area (Å²) in [5.74, 6) is 0.560. The molecule has 1 aromatic carbocycles. The fraction of sp³-hybridized carbons (Fsp3) is 0.545. The van der Waals surface area contributed by atoms with E-state index in [1.807, 2.05) is 0 Å².